The van der Waals surface area contributed by atoms with Gasteiger partial charge in [0.1, 0.15) is 0 Å². The summed E-state index contributed by atoms with van der Waals surface area (Å²) in [6.45, 7) is 3.83. The monoisotopic (exact) mass is 286 g/mol. The summed E-state index contributed by atoms with van der Waals surface area (Å²) >= 11 is 0. The summed E-state index contributed by atoms with van der Waals surface area (Å²) in [7, 11) is 1.78. The summed E-state index contributed by atoms with van der Waals surface area (Å²) in [6, 6.07) is 7.76. The maximum Gasteiger partial charge on any atom is 0.230 e. The van der Waals surface area contributed by atoms with Gasteiger partial charge in [-0.2, -0.15) is 0 Å². The fraction of sp³-hybridized carbons (Fsp3) is 0.529. The molecular formula is C17H22N2O2. The summed E-state index contributed by atoms with van der Waals surface area (Å²) in [5.74, 6) is 0.391. The lowest BCUT2D eigenvalue weighted by molar-refractivity contribution is -0.136. The Morgan fingerprint density at radius 2 is 2.05 bits per heavy atom. The lowest BCUT2D eigenvalue weighted by Crippen LogP contribution is -2.45. The normalized spacial score (nSPS) is 25.7. The van der Waals surface area contributed by atoms with Crippen LogP contribution in [-0.2, 0) is 9.59 Å². The highest BCUT2D eigenvalue weighted by atomic mass is 16.2. The van der Waals surface area contributed by atoms with Crippen molar-refractivity contribution in [1.29, 1.82) is 0 Å². The number of fused-ring (bicyclic) bond motifs is 1. The number of nitrogens with zero attached hydrogens (tertiary/aromatic N) is 2. The fourth-order valence-corrected chi connectivity index (χ4v) is 3.47. The summed E-state index contributed by atoms with van der Waals surface area (Å²) in [5.41, 5.74) is 1.86. The van der Waals surface area contributed by atoms with E-state index in [0.717, 1.165) is 30.8 Å². The van der Waals surface area contributed by atoms with Crippen LogP contribution >= 0.6 is 0 Å². The zero-order valence-corrected chi connectivity index (χ0v) is 12.7. The average molecular weight is 286 g/mol. The third-order valence-corrected chi connectivity index (χ3v) is 4.69. The van der Waals surface area contributed by atoms with Crippen molar-refractivity contribution in [2.24, 2.45) is 5.92 Å². The van der Waals surface area contributed by atoms with Crippen molar-refractivity contribution in [3.05, 3.63) is 29.8 Å². The molecule has 2 unspecified atom stereocenters. The molecule has 2 aliphatic rings. The molecule has 1 fully saturated rings. The highest BCUT2D eigenvalue weighted by Gasteiger charge is 2.36. The van der Waals surface area contributed by atoms with E-state index in [1.807, 2.05) is 29.2 Å². The molecule has 112 valence electrons. The van der Waals surface area contributed by atoms with Crippen LogP contribution in [0.5, 0.6) is 0 Å². The van der Waals surface area contributed by atoms with Gasteiger partial charge in [0.25, 0.3) is 0 Å². The third-order valence-electron chi connectivity index (χ3n) is 4.69. The molecule has 0 bridgehead atoms. The molecule has 0 N–H and O–H groups in total. The predicted octanol–water partition coefficient (Wildman–Crippen LogP) is 2.40. The molecule has 0 spiro atoms. The first-order chi connectivity index (χ1) is 10.1. The van der Waals surface area contributed by atoms with Gasteiger partial charge in [0, 0.05) is 32.2 Å². The van der Waals surface area contributed by atoms with Crippen molar-refractivity contribution in [1.82, 2.24) is 4.90 Å². The number of benzene rings is 1. The smallest absolute Gasteiger partial charge is 0.230 e. The standard InChI is InChI=1S/C17H22N2O2/c1-12-6-5-9-19(11-12)17(21)14-10-16(20)18(2)15-8-4-3-7-13(14)15/h3-4,7-8,12,14H,5-6,9-11H2,1-2H3. The van der Waals surface area contributed by atoms with Gasteiger partial charge >= 0.3 is 0 Å². The van der Waals surface area contributed by atoms with E-state index in [0.29, 0.717) is 5.92 Å². The Bertz CT molecular complexity index is 570. The minimum absolute atomic E-state index is 0.0251. The Labute approximate surface area is 125 Å². The highest BCUT2D eigenvalue weighted by Crippen LogP contribution is 2.36. The van der Waals surface area contributed by atoms with Gasteiger partial charge in [-0.15, -0.1) is 0 Å². The number of para-hydroxylation sites is 1. The number of anilines is 1. The van der Waals surface area contributed by atoms with Crippen LogP contribution in [0.1, 0.15) is 37.7 Å². The number of carbonyl (C=O) groups is 2. The van der Waals surface area contributed by atoms with Crippen LogP contribution in [0.15, 0.2) is 24.3 Å². The zero-order chi connectivity index (χ0) is 15.0. The molecule has 4 heteroatoms. The van der Waals surface area contributed by atoms with Gasteiger partial charge in [0.15, 0.2) is 0 Å². The Hall–Kier alpha value is -1.84. The summed E-state index contributed by atoms with van der Waals surface area (Å²) < 4.78 is 0. The van der Waals surface area contributed by atoms with Crippen molar-refractivity contribution >= 4 is 17.5 Å². The van der Waals surface area contributed by atoms with Crippen molar-refractivity contribution in [2.75, 3.05) is 25.0 Å². The predicted molar refractivity (Wildman–Crippen MR) is 82.2 cm³/mol. The van der Waals surface area contributed by atoms with Gasteiger partial charge in [-0.3, -0.25) is 9.59 Å². The lowest BCUT2D eigenvalue weighted by Gasteiger charge is -2.37. The molecule has 21 heavy (non-hydrogen) atoms. The minimum Gasteiger partial charge on any atom is -0.342 e. The maximum absolute atomic E-state index is 12.9. The van der Waals surface area contributed by atoms with E-state index in [-0.39, 0.29) is 24.2 Å². The van der Waals surface area contributed by atoms with Crippen LogP contribution in [0.25, 0.3) is 0 Å². The van der Waals surface area contributed by atoms with Crippen molar-refractivity contribution in [2.45, 2.75) is 32.1 Å². The molecule has 3 rings (SSSR count). The van der Waals surface area contributed by atoms with Gasteiger partial charge in [0.05, 0.1) is 5.92 Å². The minimum atomic E-state index is -0.310. The van der Waals surface area contributed by atoms with E-state index in [1.54, 1.807) is 11.9 Å². The Morgan fingerprint density at radius 1 is 1.29 bits per heavy atom. The second-order valence-corrected chi connectivity index (χ2v) is 6.30. The first-order valence-electron chi connectivity index (χ1n) is 7.72. The molecule has 2 aliphatic heterocycles. The number of amides is 2. The van der Waals surface area contributed by atoms with Crippen molar-refractivity contribution in [3.63, 3.8) is 0 Å². The molecule has 2 amide bonds. The Morgan fingerprint density at radius 3 is 2.81 bits per heavy atom. The quantitative estimate of drug-likeness (QED) is 0.795. The molecular weight excluding hydrogens is 264 g/mol. The van der Waals surface area contributed by atoms with Gasteiger partial charge in [-0.1, -0.05) is 25.1 Å². The third kappa shape index (κ3) is 2.55. The second kappa shape index (κ2) is 5.51. The number of carbonyl (C=O) groups excluding carboxylic acids is 2. The van der Waals surface area contributed by atoms with Crippen LogP contribution in [0.4, 0.5) is 5.69 Å². The van der Waals surface area contributed by atoms with Crippen LogP contribution < -0.4 is 4.90 Å². The Balaban J connectivity index is 1.90. The SMILES string of the molecule is CC1CCCN(C(=O)C2CC(=O)N(C)c3ccccc32)C1. The molecule has 0 saturated carbocycles. The molecule has 4 nitrogen and oxygen atoms in total. The highest BCUT2D eigenvalue weighted by molar-refractivity contribution is 6.02. The van der Waals surface area contributed by atoms with Crippen LogP contribution in [0, 0.1) is 5.92 Å². The number of hydrogen-bond acceptors (Lipinski definition) is 2. The van der Waals surface area contributed by atoms with E-state index in [9.17, 15) is 9.59 Å². The van der Waals surface area contributed by atoms with E-state index in [4.69, 9.17) is 0 Å². The number of hydrogen-bond donors (Lipinski definition) is 0. The summed E-state index contributed by atoms with van der Waals surface area (Å²) in [5, 5.41) is 0. The fourth-order valence-electron chi connectivity index (χ4n) is 3.47. The zero-order valence-electron chi connectivity index (χ0n) is 12.7. The summed E-state index contributed by atoms with van der Waals surface area (Å²) in [4.78, 5) is 28.7. The first kappa shape index (κ1) is 14.1. The van der Waals surface area contributed by atoms with E-state index >= 15 is 0 Å². The Kier molecular flexibility index (Phi) is 3.70. The number of piperidine rings is 1. The van der Waals surface area contributed by atoms with E-state index in [2.05, 4.69) is 6.92 Å². The second-order valence-electron chi connectivity index (χ2n) is 6.30. The molecule has 0 aliphatic carbocycles. The van der Waals surface area contributed by atoms with Crippen molar-refractivity contribution < 1.29 is 9.59 Å². The topological polar surface area (TPSA) is 40.6 Å². The van der Waals surface area contributed by atoms with E-state index in [1.165, 1.54) is 6.42 Å². The van der Waals surface area contributed by atoms with Crippen LogP contribution in [0.3, 0.4) is 0 Å². The van der Waals surface area contributed by atoms with Crippen LogP contribution in [0.2, 0.25) is 0 Å². The molecule has 0 aromatic heterocycles. The molecule has 1 aromatic rings. The average Bonchev–Trinajstić information content (AvgIpc) is 2.50. The molecule has 2 heterocycles. The van der Waals surface area contributed by atoms with Gasteiger partial charge < -0.3 is 9.80 Å². The number of rotatable bonds is 1. The maximum atomic E-state index is 12.9. The van der Waals surface area contributed by atoms with Crippen molar-refractivity contribution in [3.8, 4) is 0 Å². The van der Waals surface area contributed by atoms with Gasteiger partial charge in [-0.25, -0.2) is 0 Å². The van der Waals surface area contributed by atoms with Gasteiger partial charge in [0.2, 0.25) is 11.8 Å². The molecule has 2 atom stereocenters. The lowest BCUT2D eigenvalue weighted by atomic mass is 9.87. The number of likely N-dealkylation sites (tertiary alicyclic amines) is 1. The molecule has 0 radical (unpaired) electrons. The first-order valence-corrected chi connectivity index (χ1v) is 7.72. The van der Waals surface area contributed by atoms with E-state index < -0.39 is 0 Å². The molecule has 1 saturated heterocycles. The molecule has 1 aromatic carbocycles. The van der Waals surface area contributed by atoms with Crippen LogP contribution in [-0.4, -0.2) is 36.9 Å². The van der Waals surface area contributed by atoms with Gasteiger partial charge in [-0.05, 0) is 30.4 Å². The summed E-state index contributed by atoms with van der Waals surface area (Å²) in [6.07, 6.45) is 2.54. The largest absolute Gasteiger partial charge is 0.342 e.